The minimum atomic E-state index is 1.20. The van der Waals surface area contributed by atoms with Crippen molar-refractivity contribution in [3.63, 3.8) is 0 Å². The number of aryl methyl sites for hydroxylation is 1. The predicted octanol–water partition coefficient (Wildman–Crippen LogP) is 9.13. The van der Waals surface area contributed by atoms with Gasteiger partial charge in [-0.15, -0.1) is 11.3 Å². The molecule has 0 spiro atoms. The Kier molecular flexibility index (Phi) is 3.99. The molecule has 0 unspecified atom stereocenters. The first-order valence-electron chi connectivity index (χ1n) is 11.3. The molecule has 0 aliphatic carbocycles. The zero-order valence-electron chi connectivity index (χ0n) is 18.2. The number of hydrogen-bond acceptors (Lipinski definition) is 1. The van der Waals surface area contributed by atoms with Crippen LogP contribution in [0.2, 0.25) is 0 Å². The van der Waals surface area contributed by atoms with Crippen molar-refractivity contribution in [1.82, 2.24) is 4.57 Å². The number of nitrogens with zero attached hydrogens (tertiary/aromatic N) is 1. The highest BCUT2D eigenvalue weighted by atomic mass is 32.1. The van der Waals surface area contributed by atoms with Crippen LogP contribution >= 0.6 is 11.3 Å². The molecule has 0 aliphatic heterocycles. The average Bonchev–Trinajstić information content (AvgIpc) is 3.40. The van der Waals surface area contributed by atoms with Gasteiger partial charge in [-0.05, 0) is 60.0 Å². The Morgan fingerprint density at radius 3 is 2.24 bits per heavy atom. The van der Waals surface area contributed by atoms with Crippen LogP contribution in [0.3, 0.4) is 0 Å². The van der Waals surface area contributed by atoms with Gasteiger partial charge in [0.05, 0.1) is 11.0 Å². The maximum absolute atomic E-state index is 2.41. The first kappa shape index (κ1) is 18.7. The van der Waals surface area contributed by atoms with E-state index in [-0.39, 0.29) is 0 Å². The molecule has 33 heavy (non-hydrogen) atoms. The van der Waals surface area contributed by atoms with E-state index in [0.717, 1.165) is 0 Å². The molecule has 7 aromatic rings. The zero-order chi connectivity index (χ0) is 21.9. The second-order valence-corrected chi connectivity index (χ2v) is 9.70. The summed E-state index contributed by atoms with van der Waals surface area (Å²) in [5.74, 6) is 0. The van der Waals surface area contributed by atoms with Gasteiger partial charge in [0.1, 0.15) is 0 Å². The van der Waals surface area contributed by atoms with E-state index in [2.05, 4.69) is 121 Å². The van der Waals surface area contributed by atoms with Gasteiger partial charge in [-0.3, -0.25) is 0 Å². The summed E-state index contributed by atoms with van der Waals surface area (Å²) in [7, 11) is 0. The highest BCUT2D eigenvalue weighted by Crippen LogP contribution is 2.44. The molecular formula is C31H21NS. The number of aromatic nitrogens is 1. The Hall–Kier alpha value is -3.88. The molecule has 5 aromatic carbocycles. The van der Waals surface area contributed by atoms with Crippen LogP contribution in [0.25, 0.3) is 58.8 Å². The van der Waals surface area contributed by atoms with Crippen LogP contribution in [0.15, 0.2) is 109 Å². The quantitative estimate of drug-likeness (QED) is 0.253. The molecule has 2 heteroatoms. The fourth-order valence-electron chi connectivity index (χ4n) is 5.21. The van der Waals surface area contributed by atoms with Crippen LogP contribution in [0.1, 0.15) is 5.56 Å². The van der Waals surface area contributed by atoms with Gasteiger partial charge in [0.25, 0.3) is 0 Å². The molecule has 0 radical (unpaired) electrons. The van der Waals surface area contributed by atoms with Crippen LogP contribution in [0.5, 0.6) is 0 Å². The third-order valence-electron chi connectivity index (χ3n) is 6.74. The van der Waals surface area contributed by atoms with Crippen LogP contribution in [0, 0.1) is 6.92 Å². The highest BCUT2D eigenvalue weighted by Gasteiger charge is 2.18. The monoisotopic (exact) mass is 439 g/mol. The summed E-state index contributed by atoms with van der Waals surface area (Å²) in [6.07, 6.45) is 0. The first-order valence-corrected chi connectivity index (χ1v) is 12.1. The van der Waals surface area contributed by atoms with E-state index in [1.54, 1.807) is 0 Å². The number of thiophene rings is 1. The van der Waals surface area contributed by atoms with Gasteiger partial charge < -0.3 is 4.57 Å². The minimum Gasteiger partial charge on any atom is -0.309 e. The van der Waals surface area contributed by atoms with Crippen LogP contribution in [-0.4, -0.2) is 4.57 Å². The summed E-state index contributed by atoms with van der Waals surface area (Å²) in [5, 5.41) is 5.35. The molecule has 156 valence electrons. The van der Waals surface area contributed by atoms with E-state index in [1.165, 1.54) is 64.4 Å². The SMILES string of the molecule is Cc1ccccc1-c1ccc2c(c1)c1c3sc4ccccc4c3ccc1n2-c1ccccc1. The largest absolute Gasteiger partial charge is 0.309 e. The van der Waals surface area contributed by atoms with E-state index in [1.807, 2.05) is 11.3 Å². The molecule has 0 N–H and O–H groups in total. The van der Waals surface area contributed by atoms with Crippen molar-refractivity contribution < 1.29 is 0 Å². The molecule has 7 rings (SSSR count). The van der Waals surface area contributed by atoms with E-state index in [9.17, 15) is 0 Å². The molecule has 0 aliphatic rings. The average molecular weight is 440 g/mol. The third-order valence-corrected chi connectivity index (χ3v) is 7.95. The van der Waals surface area contributed by atoms with Crippen LogP contribution in [-0.2, 0) is 0 Å². The molecule has 2 heterocycles. The minimum absolute atomic E-state index is 1.20. The summed E-state index contributed by atoms with van der Waals surface area (Å²) < 4.78 is 5.13. The maximum Gasteiger partial charge on any atom is 0.0555 e. The van der Waals surface area contributed by atoms with Gasteiger partial charge in [-0.25, -0.2) is 0 Å². The van der Waals surface area contributed by atoms with Crippen molar-refractivity contribution in [2.24, 2.45) is 0 Å². The number of benzene rings is 5. The number of rotatable bonds is 2. The van der Waals surface area contributed by atoms with Crippen molar-refractivity contribution in [1.29, 1.82) is 0 Å². The molecule has 2 aromatic heterocycles. The molecule has 0 atom stereocenters. The Balaban J connectivity index is 1.67. The van der Waals surface area contributed by atoms with E-state index in [0.29, 0.717) is 0 Å². The summed E-state index contributed by atoms with van der Waals surface area (Å²) in [4.78, 5) is 0. The summed E-state index contributed by atoms with van der Waals surface area (Å²) >= 11 is 1.91. The second kappa shape index (κ2) is 7.06. The summed E-state index contributed by atoms with van der Waals surface area (Å²) in [6.45, 7) is 2.19. The zero-order valence-corrected chi connectivity index (χ0v) is 19.1. The van der Waals surface area contributed by atoms with E-state index >= 15 is 0 Å². The fraction of sp³-hybridized carbons (Fsp3) is 0.0323. The molecule has 1 nitrogen and oxygen atoms in total. The third kappa shape index (κ3) is 2.71. The van der Waals surface area contributed by atoms with Crippen molar-refractivity contribution in [3.05, 3.63) is 115 Å². The molecule has 0 fully saturated rings. The Bertz CT molecular complexity index is 1820. The van der Waals surface area contributed by atoms with Crippen LogP contribution in [0.4, 0.5) is 0 Å². The van der Waals surface area contributed by atoms with E-state index in [4.69, 9.17) is 0 Å². The van der Waals surface area contributed by atoms with Crippen molar-refractivity contribution in [2.75, 3.05) is 0 Å². The highest BCUT2D eigenvalue weighted by molar-refractivity contribution is 7.26. The lowest BCUT2D eigenvalue weighted by atomic mass is 9.98. The molecule has 0 bridgehead atoms. The van der Waals surface area contributed by atoms with Crippen LogP contribution < -0.4 is 0 Å². The molecular weight excluding hydrogens is 418 g/mol. The topological polar surface area (TPSA) is 4.93 Å². The lowest BCUT2D eigenvalue weighted by Crippen LogP contribution is -1.93. The van der Waals surface area contributed by atoms with Gasteiger partial charge in [0, 0.05) is 36.6 Å². The Labute approximate surface area is 196 Å². The molecule has 0 saturated carbocycles. The molecule has 0 amide bonds. The van der Waals surface area contributed by atoms with Crippen molar-refractivity contribution in [3.8, 4) is 16.8 Å². The summed E-state index contributed by atoms with van der Waals surface area (Å²) in [5.41, 5.74) is 7.57. The second-order valence-electron chi connectivity index (χ2n) is 8.65. The number of hydrogen-bond donors (Lipinski definition) is 0. The number of fused-ring (bicyclic) bond motifs is 7. The van der Waals surface area contributed by atoms with Crippen molar-refractivity contribution >= 4 is 53.3 Å². The first-order chi connectivity index (χ1) is 16.3. The Morgan fingerprint density at radius 1 is 0.606 bits per heavy atom. The fourth-order valence-corrected chi connectivity index (χ4v) is 6.46. The van der Waals surface area contributed by atoms with E-state index < -0.39 is 0 Å². The van der Waals surface area contributed by atoms with Gasteiger partial charge in [0.2, 0.25) is 0 Å². The maximum atomic E-state index is 2.41. The smallest absolute Gasteiger partial charge is 0.0555 e. The van der Waals surface area contributed by atoms with Gasteiger partial charge in [-0.2, -0.15) is 0 Å². The molecule has 0 saturated heterocycles. The predicted molar refractivity (Wildman–Crippen MR) is 144 cm³/mol. The Morgan fingerprint density at radius 2 is 1.36 bits per heavy atom. The number of para-hydroxylation sites is 1. The van der Waals surface area contributed by atoms with Gasteiger partial charge in [-0.1, -0.05) is 72.8 Å². The lowest BCUT2D eigenvalue weighted by Gasteiger charge is -2.09. The lowest BCUT2D eigenvalue weighted by molar-refractivity contribution is 1.18. The van der Waals surface area contributed by atoms with Gasteiger partial charge >= 0.3 is 0 Å². The normalized spacial score (nSPS) is 11.8. The van der Waals surface area contributed by atoms with Crippen molar-refractivity contribution in [2.45, 2.75) is 6.92 Å². The summed E-state index contributed by atoms with van der Waals surface area (Å²) in [6, 6.07) is 39.7. The van der Waals surface area contributed by atoms with Gasteiger partial charge in [0.15, 0.2) is 0 Å². The standard InChI is InChI=1S/C31H21NS/c1-20-9-5-6-12-23(20)21-15-17-27-26(19-21)30-28(32(27)22-10-3-2-4-11-22)18-16-25-24-13-7-8-14-29(24)33-31(25)30/h2-19H,1H3.